The largest absolute Gasteiger partial charge is 0.485 e. The zero-order valence-electron chi connectivity index (χ0n) is 33.7. The van der Waals surface area contributed by atoms with E-state index in [1.54, 1.807) is 77.2 Å². The minimum absolute atomic E-state index is 0.0262. The Bertz CT molecular complexity index is 2650. The number of anilines is 4. The molecule has 0 radical (unpaired) electrons. The van der Waals surface area contributed by atoms with Gasteiger partial charge in [-0.2, -0.15) is 9.97 Å². The van der Waals surface area contributed by atoms with E-state index < -0.39 is 36.1 Å². The SMILES string of the molecule is C=C(COc1c(Cl)cccc1NC(=O)NCc1ccc2c(c1)CN(C1CCC(=O)NC1=O)C2=O)C(=O)N[C@@H]1CN(c2nc(Nc3cn(C)nc3OC)c3ncn(C)c3n2)C[C@H]1F. The number of aryl methyl sites for hydroxylation is 2. The number of amides is 6. The Morgan fingerprint density at radius 3 is 2.71 bits per heavy atom. The average Bonchev–Trinajstić information content (AvgIpc) is 4.00. The van der Waals surface area contributed by atoms with Gasteiger partial charge < -0.3 is 45.1 Å². The molecule has 0 bridgehead atoms. The lowest BCUT2D eigenvalue weighted by molar-refractivity contribution is -0.137. The maximum atomic E-state index is 15.5. The molecule has 0 saturated carbocycles. The zero-order valence-corrected chi connectivity index (χ0v) is 34.5. The lowest BCUT2D eigenvalue weighted by Gasteiger charge is -2.29. The second-order valence-electron chi connectivity index (χ2n) is 15.0. The van der Waals surface area contributed by atoms with Gasteiger partial charge >= 0.3 is 6.03 Å². The standard InChI is InChI=1S/C40H41ClFN13O7/c1-20(35(57)46-27-17-54(15-25(27)42)39-49-33(31-34(50-39)52(2)19-44-31)45-28-16-53(3)51-37(28)61-4)18-62-32-24(41)6-5-7-26(32)47-40(60)43-13-21-8-9-23-22(12-21)14-55(38(23)59)29-10-11-30(56)48-36(29)58/h5-9,12,16,19,25,27,29H,1,10-11,13-15,17-18H2,2-4H3,(H,46,57)(H2,43,47,60)(H,45,49,50)(H,48,56,58)/t25-,27-,29?/m1/s1. The van der Waals surface area contributed by atoms with Crippen molar-refractivity contribution in [2.45, 2.75) is 44.2 Å². The van der Waals surface area contributed by atoms with Crippen LogP contribution < -0.4 is 41.0 Å². The van der Waals surface area contributed by atoms with Crippen LogP contribution in [0.25, 0.3) is 11.2 Å². The first-order valence-corrected chi connectivity index (χ1v) is 19.8. The molecule has 2 fully saturated rings. The van der Waals surface area contributed by atoms with E-state index in [1.807, 2.05) is 0 Å². The van der Waals surface area contributed by atoms with Gasteiger partial charge in [0.25, 0.3) is 11.8 Å². The highest BCUT2D eigenvalue weighted by Gasteiger charge is 2.39. The first kappa shape index (κ1) is 41.4. The summed E-state index contributed by atoms with van der Waals surface area (Å²) in [6.45, 7) is 3.75. The number of carbonyl (C=O) groups excluding carboxylic acids is 5. The molecule has 3 aromatic heterocycles. The molecule has 22 heteroatoms. The molecule has 6 heterocycles. The van der Waals surface area contributed by atoms with Gasteiger partial charge in [0.2, 0.25) is 23.7 Å². The summed E-state index contributed by atoms with van der Waals surface area (Å²) in [5.74, 6) is -0.809. The van der Waals surface area contributed by atoms with Crippen LogP contribution >= 0.6 is 11.6 Å². The molecule has 62 heavy (non-hydrogen) atoms. The molecule has 3 aliphatic heterocycles. The summed E-state index contributed by atoms with van der Waals surface area (Å²) in [4.78, 5) is 80.2. The van der Waals surface area contributed by atoms with Crippen molar-refractivity contribution in [3.63, 3.8) is 0 Å². The number of methoxy groups -OCH3 is 1. The summed E-state index contributed by atoms with van der Waals surface area (Å²) in [6.07, 6.45) is 2.24. The fourth-order valence-corrected chi connectivity index (χ4v) is 7.68. The van der Waals surface area contributed by atoms with Gasteiger partial charge in [0.1, 0.15) is 24.5 Å². The van der Waals surface area contributed by atoms with Crippen LogP contribution in [0.15, 0.2) is 61.1 Å². The third-order valence-corrected chi connectivity index (χ3v) is 10.9. The topological polar surface area (TPSA) is 232 Å². The van der Waals surface area contributed by atoms with Gasteiger partial charge in [0, 0.05) is 51.3 Å². The number of rotatable bonds is 13. The van der Waals surface area contributed by atoms with Crippen LogP contribution in [0.4, 0.5) is 32.3 Å². The Hall–Kier alpha value is -7.29. The molecule has 0 spiro atoms. The van der Waals surface area contributed by atoms with Crippen molar-refractivity contribution in [2.75, 3.05) is 42.3 Å². The highest BCUT2D eigenvalue weighted by atomic mass is 35.5. The van der Waals surface area contributed by atoms with Crippen LogP contribution in [0.2, 0.25) is 5.02 Å². The van der Waals surface area contributed by atoms with Crippen molar-refractivity contribution < 1.29 is 37.8 Å². The summed E-state index contributed by atoms with van der Waals surface area (Å²) in [5.41, 5.74) is 3.56. The van der Waals surface area contributed by atoms with E-state index in [-0.39, 0.29) is 85.4 Å². The van der Waals surface area contributed by atoms with Crippen LogP contribution in [0.3, 0.4) is 0 Å². The van der Waals surface area contributed by atoms with Crippen LogP contribution in [0.5, 0.6) is 11.6 Å². The predicted octanol–water partition coefficient (Wildman–Crippen LogP) is 2.86. The van der Waals surface area contributed by atoms with Gasteiger partial charge in [-0.25, -0.2) is 14.2 Å². The normalized spacial score (nSPS) is 18.4. The van der Waals surface area contributed by atoms with Crippen molar-refractivity contribution >= 4 is 75.6 Å². The third-order valence-electron chi connectivity index (χ3n) is 10.6. The molecule has 5 aromatic rings. The highest BCUT2D eigenvalue weighted by Crippen LogP contribution is 2.34. The molecular formula is C40H41ClFN13O7. The number of aromatic nitrogens is 6. The Morgan fingerprint density at radius 1 is 1.10 bits per heavy atom. The fourth-order valence-electron chi connectivity index (χ4n) is 7.46. The highest BCUT2D eigenvalue weighted by molar-refractivity contribution is 6.32. The quantitative estimate of drug-likeness (QED) is 0.0848. The minimum Gasteiger partial charge on any atom is -0.485 e. The van der Waals surface area contributed by atoms with Gasteiger partial charge in [-0.1, -0.05) is 36.4 Å². The number of imidazole rings is 1. The number of hydrogen-bond acceptors (Lipinski definition) is 13. The number of benzene rings is 2. The summed E-state index contributed by atoms with van der Waals surface area (Å²) in [6, 6.07) is 7.58. The zero-order chi connectivity index (χ0) is 43.8. The van der Waals surface area contributed by atoms with Crippen molar-refractivity contribution in [3.8, 4) is 11.6 Å². The van der Waals surface area contributed by atoms with E-state index in [4.69, 9.17) is 21.1 Å². The molecule has 20 nitrogen and oxygen atoms in total. The molecule has 1 unspecified atom stereocenters. The molecule has 2 aromatic carbocycles. The first-order chi connectivity index (χ1) is 29.8. The van der Waals surface area contributed by atoms with Crippen LogP contribution in [-0.4, -0.2) is 109 Å². The minimum atomic E-state index is -1.47. The smallest absolute Gasteiger partial charge is 0.319 e. The van der Waals surface area contributed by atoms with Gasteiger partial charge in [-0.3, -0.25) is 29.2 Å². The average molecular weight is 870 g/mol. The Balaban J connectivity index is 0.853. The first-order valence-electron chi connectivity index (χ1n) is 19.4. The predicted molar refractivity (Wildman–Crippen MR) is 223 cm³/mol. The number of ether oxygens (including phenoxy) is 2. The molecule has 3 aliphatic rings. The Labute approximate surface area is 357 Å². The van der Waals surface area contributed by atoms with E-state index in [0.717, 1.165) is 0 Å². The van der Waals surface area contributed by atoms with Crippen LogP contribution in [-0.2, 0) is 41.6 Å². The van der Waals surface area contributed by atoms with Crippen molar-refractivity contribution in [1.82, 2.24) is 50.1 Å². The number of nitrogens with one attached hydrogen (secondary N) is 5. The Morgan fingerprint density at radius 2 is 1.92 bits per heavy atom. The number of nitrogens with zero attached hydrogens (tertiary/aromatic N) is 8. The van der Waals surface area contributed by atoms with Crippen molar-refractivity contribution in [3.05, 3.63) is 82.8 Å². The molecule has 5 N–H and O–H groups in total. The van der Waals surface area contributed by atoms with Gasteiger partial charge in [0.15, 0.2) is 22.7 Å². The lowest BCUT2D eigenvalue weighted by atomic mass is 10.0. The number of fused-ring (bicyclic) bond motifs is 2. The van der Waals surface area contributed by atoms with E-state index in [2.05, 4.69) is 53.2 Å². The number of imide groups is 1. The summed E-state index contributed by atoms with van der Waals surface area (Å²) >= 11 is 6.45. The number of piperidine rings is 1. The molecule has 8 rings (SSSR count). The number of alkyl halides is 1. The molecule has 2 saturated heterocycles. The maximum absolute atomic E-state index is 15.5. The number of halogens is 2. The van der Waals surface area contributed by atoms with Crippen molar-refractivity contribution in [1.29, 1.82) is 0 Å². The van der Waals surface area contributed by atoms with Crippen molar-refractivity contribution in [2.24, 2.45) is 14.1 Å². The second kappa shape index (κ2) is 17.0. The van der Waals surface area contributed by atoms with E-state index in [0.29, 0.717) is 45.2 Å². The van der Waals surface area contributed by atoms with E-state index >= 15 is 4.39 Å². The summed E-state index contributed by atoms with van der Waals surface area (Å²) in [7, 11) is 5.02. The summed E-state index contributed by atoms with van der Waals surface area (Å²) in [5, 5.41) is 18.1. The fraction of sp³-hybridized carbons (Fsp3) is 0.325. The van der Waals surface area contributed by atoms with Gasteiger partial charge in [-0.05, 0) is 35.7 Å². The Kier molecular flexibility index (Phi) is 11.4. The van der Waals surface area contributed by atoms with E-state index in [9.17, 15) is 24.0 Å². The maximum Gasteiger partial charge on any atom is 0.319 e. The van der Waals surface area contributed by atoms with E-state index in [1.165, 1.54) is 12.0 Å². The molecule has 6 amide bonds. The number of urea groups is 1. The summed E-state index contributed by atoms with van der Waals surface area (Å²) < 4.78 is 30.1. The molecular weight excluding hydrogens is 829 g/mol. The molecule has 3 atom stereocenters. The molecule has 322 valence electrons. The number of carbonyl (C=O) groups is 5. The third kappa shape index (κ3) is 8.38. The lowest BCUT2D eigenvalue weighted by Crippen LogP contribution is -2.52. The monoisotopic (exact) mass is 869 g/mol. The second-order valence-corrected chi connectivity index (χ2v) is 15.4. The number of hydrogen-bond donors (Lipinski definition) is 5. The number of para-hydroxylation sites is 1. The van der Waals surface area contributed by atoms with Gasteiger partial charge in [0.05, 0.1) is 42.9 Å². The van der Waals surface area contributed by atoms with Crippen LogP contribution in [0, 0.1) is 0 Å². The van der Waals surface area contributed by atoms with Gasteiger partial charge in [-0.15, -0.1) is 5.10 Å². The van der Waals surface area contributed by atoms with Crippen LogP contribution in [0.1, 0.15) is 34.3 Å². The molecule has 0 aliphatic carbocycles.